The highest BCUT2D eigenvalue weighted by Crippen LogP contribution is 1.90. The van der Waals surface area contributed by atoms with E-state index in [1.54, 1.807) is 0 Å². The zero-order valence-corrected chi connectivity index (χ0v) is 7.75. The molecule has 0 aromatic rings. The van der Waals surface area contributed by atoms with Gasteiger partial charge in [0.2, 0.25) is 5.91 Å². The van der Waals surface area contributed by atoms with E-state index in [2.05, 4.69) is 12.2 Å². The van der Waals surface area contributed by atoms with Crippen LogP contribution < -0.4 is 5.32 Å². The van der Waals surface area contributed by atoms with Crippen molar-refractivity contribution in [2.24, 2.45) is 0 Å². The number of carboxylic acid groups (broad SMARTS) is 1. The van der Waals surface area contributed by atoms with Crippen molar-refractivity contribution >= 4 is 11.9 Å². The number of amides is 1. The molecule has 0 radical (unpaired) electrons. The van der Waals surface area contributed by atoms with Crippen LogP contribution >= 0.6 is 0 Å². The monoisotopic (exact) mass is 185 g/mol. The van der Waals surface area contributed by atoms with Crippen LogP contribution in [-0.2, 0) is 9.59 Å². The smallest absolute Gasteiger partial charge is 0.328 e. The number of rotatable bonds is 6. The molecule has 2 N–H and O–H groups in total. The summed E-state index contributed by atoms with van der Waals surface area (Å²) in [5.41, 5.74) is 0. The summed E-state index contributed by atoms with van der Waals surface area (Å²) < 4.78 is 0. The van der Waals surface area contributed by atoms with Crippen molar-refractivity contribution in [3.63, 3.8) is 0 Å². The molecule has 0 heterocycles. The molecule has 0 bridgehead atoms. The van der Waals surface area contributed by atoms with Crippen LogP contribution in [0.4, 0.5) is 0 Å². The van der Waals surface area contributed by atoms with Gasteiger partial charge in [-0.25, -0.2) is 4.79 Å². The highest BCUT2D eigenvalue weighted by atomic mass is 16.4. The summed E-state index contributed by atoms with van der Waals surface area (Å²) in [5.74, 6) is -1.46. The summed E-state index contributed by atoms with van der Waals surface area (Å²) in [6, 6.07) is 0. The van der Waals surface area contributed by atoms with Gasteiger partial charge in [0.1, 0.15) is 0 Å². The van der Waals surface area contributed by atoms with E-state index >= 15 is 0 Å². The lowest BCUT2D eigenvalue weighted by molar-refractivity contribution is -0.131. The van der Waals surface area contributed by atoms with E-state index in [1.807, 2.05) is 0 Å². The number of carboxylic acids is 1. The number of carbonyl (C=O) groups excluding carboxylic acids is 1. The maximum absolute atomic E-state index is 10.8. The number of nitrogens with one attached hydrogen (secondary N) is 1. The predicted octanol–water partition coefficient (Wildman–Crippen LogP) is 0.934. The summed E-state index contributed by atoms with van der Waals surface area (Å²) in [5, 5.41) is 10.8. The van der Waals surface area contributed by atoms with Gasteiger partial charge >= 0.3 is 5.97 Å². The highest BCUT2D eigenvalue weighted by molar-refractivity contribution is 5.93. The van der Waals surface area contributed by atoms with Crippen LogP contribution in [0.3, 0.4) is 0 Å². The van der Waals surface area contributed by atoms with Crippen LogP contribution in [0.25, 0.3) is 0 Å². The summed E-state index contributed by atoms with van der Waals surface area (Å²) in [6.45, 7) is 2.68. The minimum atomic E-state index is -1.11. The molecule has 0 rings (SSSR count). The molecule has 74 valence electrons. The van der Waals surface area contributed by atoms with Gasteiger partial charge in [0.05, 0.1) is 0 Å². The molecule has 0 aromatic heterocycles. The maximum atomic E-state index is 10.8. The van der Waals surface area contributed by atoms with Gasteiger partial charge < -0.3 is 10.4 Å². The van der Waals surface area contributed by atoms with E-state index in [1.165, 1.54) is 0 Å². The summed E-state index contributed by atoms with van der Waals surface area (Å²) in [4.78, 5) is 20.9. The molecule has 0 aliphatic rings. The third-order valence-electron chi connectivity index (χ3n) is 1.46. The first-order chi connectivity index (χ1) is 6.16. The van der Waals surface area contributed by atoms with Crippen molar-refractivity contribution in [1.82, 2.24) is 5.32 Å². The molecule has 0 fully saturated rings. The van der Waals surface area contributed by atoms with Crippen molar-refractivity contribution in [2.75, 3.05) is 6.54 Å². The topological polar surface area (TPSA) is 66.4 Å². The largest absolute Gasteiger partial charge is 0.478 e. The van der Waals surface area contributed by atoms with Crippen LogP contribution in [0.15, 0.2) is 12.2 Å². The Labute approximate surface area is 77.6 Å². The Morgan fingerprint density at radius 2 is 2.00 bits per heavy atom. The second-order valence-electron chi connectivity index (χ2n) is 2.67. The number of hydrogen-bond acceptors (Lipinski definition) is 2. The lowest BCUT2D eigenvalue weighted by Gasteiger charge is -1.99. The second-order valence-corrected chi connectivity index (χ2v) is 2.67. The molecule has 0 aliphatic carbocycles. The molecule has 0 aromatic carbocycles. The zero-order chi connectivity index (χ0) is 10.1. The number of aliphatic carboxylic acids is 1. The SMILES string of the molecule is CCCCCNC(=O)C=CC(=O)O. The molecule has 13 heavy (non-hydrogen) atoms. The van der Waals surface area contributed by atoms with E-state index in [0.29, 0.717) is 6.54 Å². The average molecular weight is 185 g/mol. The number of unbranched alkanes of at least 4 members (excludes halogenated alkanes) is 2. The fourth-order valence-electron chi connectivity index (χ4n) is 0.792. The van der Waals surface area contributed by atoms with Crippen LogP contribution in [0, 0.1) is 0 Å². The van der Waals surface area contributed by atoms with Gasteiger partial charge in [-0.1, -0.05) is 19.8 Å². The minimum absolute atomic E-state index is 0.349. The lowest BCUT2D eigenvalue weighted by Crippen LogP contribution is -2.22. The Morgan fingerprint density at radius 3 is 2.54 bits per heavy atom. The molecule has 4 heteroatoms. The molecule has 4 nitrogen and oxygen atoms in total. The highest BCUT2D eigenvalue weighted by Gasteiger charge is 1.94. The summed E-state index contributed by atoms with van der Waals surface area (Å²) >= 11 is 0. The Hall–Kier alpha value is -1.32. The Bertz CT molecular complexity index is 199. The van der Waals surface area contributed by atoms with Crippen molar-refractivity contribution in [2.45, 2.75) is 26.2 Å². The first-order valence-electron chi connectivity index (χ1n) is 4.35. The molecule has 0 spiro atoms. The molecule has 0 atom stereocenters. The Balaban J connectivity index is 3.46. The van der Waals surface area contributed by atoms with Gasteiger partial charge in [0, 0.05) is 18.7 Å². The molecular formula is C9H15NO3. The van der Waals surface area contributed by atoms with Gasteiger partial charge in [-0.2, -0.15) is 0 Å². The average Bonchev–Trinajstić information content (AvgIpc) is 2.09. The van der Waals surface area contributed by atoms with Gasteiger partial charge in [-0.15, -0.1) is 0 Å². The van der Waals surface area contributed by atoms with Crippen LogP contribution in [-0.4, -0.2) is 23.5 Å². The van der Waals surface area contributed by atoms with Crippen LogP contribution in [0.2, 0.25) is 0 Å². The summed E-state index contributed by atoms with van der Waals surface area (Å²) in [7, 11) is 0. The number of hydrogen-bond donors (Lipinski definition) is 2. The van der Waals surface area contributed by atoms with E-state index in [4.69, 9.17) is 5.11 Å². The number of carbonyl (C=O) groups is 2. The molecule has 0 saturated heterocycles. The van der Waals surface area contributed by atoms with Gasteiger partial charge in [-0.05, 0) is 6.42 Å². The van der Waals surface area contributed by atoms with Crippen molar-refractivity contribution in [3.05, 3.63) is 12.2 Å². The van der Waals surface area contributed by atoms with Gasteiger partial charge in [0.15, 0.2) is 0 Å². The van der Waals surface area contributed by atoms with Crippen molar-refractivity contribution < 1.29 is 14.7 Å². The van der Waals surface area contributed by atoms with E-state index in [-0.39, 0.29) is 5.91 Å². The van der Waals surface area contributed by atoms with Crippen molar-refractivity contribution in [3.8, 4) is 0 Å². The molecule has 0 unspecified atom stereocenters. The minimum Gasteiger partial charge on any atom is -0.478 e. The third-order valence-corrected chi connectivity index (χ3v) is 1.46. The first kappa shape index (κ1) is 11.7. The molecule has 0 aliphatic heterocycles. The van der Waals surface area contributed by atoms with Crippen LogP contribution in [0.1, 0.15) is 26.2 Å². The van der Waals surface area contributed by atoms with Gasteiger partial charge in [-0.3, -0.25) is 4.79 Å². The molecular weight excluding hydrogens is 170 g/mol. The van der Waals surface area contributed by atoms with E-state index in [9.17, 15) is 9.59 Å². The van der Waals surface area contributed by atoms with Crippen LogP contribution in [0.5, 0.6) is 0 Å². The molecule has 1 amide bonds. The normalized spacial score (nSPS) is 10.2. The lowest BCUT2D eigenvalue weighted by atomic mass is 10.2. The quantitative estimate of drug-likeness (QED) is 0.478. The Morgan fingerprint density at radius 1 is 1.31 bits per heavy atom. The van der Waals surface area contributed by atoms with E-state index in [0.717, 1.165) is 31.4 Å². The standard InChI is InChI=1S/C9H15NO3/c1-2-3-4-7-10-8(11)5-6-9(12)13/h5-6H,2-4,7H2,1H3,(H,10,11)(H,12,13). The van der Waals surface area contributed by atoms with Crippen molar-refractivity contribution in [1.29, 1.82) is 0 Å². The fraction of sp³-hybridized carbons (Fsp3) is 0.556. The Kier molecular flexibility index (Phi) is 6.59. The first-order valence-corrected chi connectivity index (χ1v) is 4.35. The van der Waals surface area contributed by atoms with Gasteiger partial charge in [0.25, 0.3) is 0 Å². The maximum Gasteiger partial charge on any atom is 0.328 e. The molecule has 0 saturated carbocycles. The van der Waals surface area contributed by atoms with E-state index < -0.39 is 5.97 Å². The third kappa shape index (κ3) is 8.59. The summed E-state index contributed by atoms with van der Waals surface area (Å²) in [6.07, 6.45) is 4.95. The second kappa shape index (κ2) is 7.34. The zero-order valence-electron chi connectivity index (χ0n) is 7.75. The fourth-order valence-corrected chi connectivity index (χ4v) is 0.792. The predicted molar refractivity (Wildman–Crippen MR) is 49.3 cm³/mol.